The molecule has 3 heteroatoms. The van der Waals surface area contributed by atoms with E-state index in [0.29, 0.717) is 5.41 Å². The first-order valence-electron chi connectivity index (χ1n) is 6.77. The standard InChI is InChI=1S/C14H23ClN2/c1-3-12-9-13(17(2)16-12)10-14(11-15)7-5-4-6-8-14/h9H,3-8,10-11H2,1-2H3. The van der Waals surface area contributed by atoms with Gasteiger partial charge in [-0.05, 0) is 37.2 Å². The van der Waals surface area contributed by atoms with Crippen LogP contribution in [0.15, 0.2) is 6.07 Å². The molecule has 0 unspecified atom stereocenters. The second-order valence-electron chi connectivity index (χ2n) is 5.48. The van der Waals surface area contributed by atoms with Gasteiger partial charge in [0, 0.05) is 18.6 Å². The van der Waals surface area contributed by atoms with Crippen LogP contribution >= 0.6 is 11.6 Å². The van der Waals surface area contributed by atoms with Crippen molar-refractivity contribution in [3.8, 4) is 0 Å². The lowest BCUT2D eigenvalue weighted by atomic mass is 9.72. The molecule has 0 aromatic carbocycles. The topological polar surface area (TPSA) is 17.8 Å². The highest BCUT2D eigenvalue weighted by atomic mass is 35.5. The van der Waals surface area contributed by atoms with Crippen LogP contribution in [-0.2, 0) is 19.9 Å². The second-order valence-corrected chi connectivity index (χ2v) is 5.74. The molecule has 1 aliphatic rings. The van der Waals surface area contributed by atoms with Crippen molar-refractivity contribution in [1.29, 1.82) is 0 Å². The molecule has 0 spiro atoms. The third kappa shape index (κ3) is 2.85. The Balaban J connectivity index is 2.14. The Morgan fingerprint density at radius 3 is 2.59 bits per heavy atom. The number of nitrogens with zero attached hydrogens (tertiary/aromatic N) is 2. The van der Waals surface area contributed by atoms with Gasteiger partial charge in [0.2, 0.25) is 0 Å². The summed E-state index contributed by atoms with van der Waals surface area (Å²) in [5, 5.41) is 4.53. The number of alkyl halides is 1. The fourth-order valence-corrected chi connectivity index (χ4v) is 3.32. The molecule has 17 heavy (non-hydrogen) atoms. The Hall–Kier alpha value is -0.500. The highest BCUT2D eigenvalue weighted by Crippen LogP contribution is 2.40. The van der Waals surface area contributed by atoms with Crippen LogP contribution in [0, 0.1) is 5.41 Å². The summed E-state index contributed by atoms with van der Waals surface area (Å²) < 4.78 is 2.04. The molecule has 96 valence electrons. The van der Waals surface area contributed by atoms with Gasteiger partial charge in [-0.3, -0.25) is 4.68 Å². The molecule has 2 rings (SSSR count). The zero-order chi connectivity index (χ0) is 12.3. The van der Waals surface area contributed by atoms with Crippen molar-refractivity contribution in [3.05, 3.63) is 17.5 Å². The van der Waals surface area contributed by atoms with Gasteiger partial charge < -0.3 is 0 Å². The van der Waals surface area contributed by atoms with Crippen molar-refractivity contribution in [2.75, 3.05) is 5.88 Å². The first-order valence-corrected chi connectivity index (χ1v) is 7.30. The molecule has 1 aromatic rings. The second kappa shape index (κ2) is 5.43. The smallest absolute Gasteiger partial charge is 0.0624 e. The van der Waals surface area contributed by atoms with Crippen molar-refractivity contribution in [1.82, 2.24) is 9.78 Å². The number of hydrogen-bond acceptors (Lipinski definition) is 1. The molecule has 0 amide bonds. The lowest BCUT2D eigenvalue weighted by Crippen LogP contribution is -2.29. The summed E-state index contributed by atoms with van der Waals surface area (Å²) in [4.78, 5) is 0. The average molecular weight is 255 g/mol. The number of hydrogen-bond donors (Lipinski definition) is 0. The maximum atomic E-state index is 6.25. The fraction of sp³-hybridized carbons (Fsp3) is 0.786. The van der Waals surface area contributed by atoms with E-state index in [9.17, 15) is 0 Å². The van der Waals surface area contributed by atoms with E-state index in [1.54, 1.807) is 0 Å². The fourth-order valence-electron chi connectivity index (χ4n) is 2.95. The molecular weight excluding hydrogens is 232 g/mol. The quantitative estimate of drug-likeness (QED) is 0.749. The Bertz CT molecular complexity index is 364. The summed E-state index contributed by atoms with van der Waals surface area (Å²) in [7, 11) is 2.05. The maximum absolute atomic E-state index is 6.25. The number of aryl methyl sites for hydroxylation is 2. The van der Waals surface area contributed by atoms with Gasteiger partial charge in [0.05, 0.1) is 5.69 Å². The highest BCUT2D eigenvalue weighted by molar-refractivity contribution is 6.18. The average Bonchev–Trinajstić information content (AvgIpc) is 2.71. The van der Waals surface area contributed by atoms with Gasteiger partial charge in [-0.2, -0.15) is 5.10 Å². The maximum Gasteiger partial charge on any atom is 0.0624 e. The molecule has 0 aliphatic heterocycles. The molecule has 0 saturated heterocycles. The van der Waals surface area contributed by atoms with E-state index in [1.165, 1.54) is 43.5 Å². The van der Waals surface area contributed by atoms with Crippen molar-refractivity contribution in [3.63, 3.8) is 0 Å². The van der Waals surface area contributed by atoms with Gasteiger partial charge >= 0.3 is 0 Å². The summed E-state index contributed by atoms with van der Waals surface area (Å²) in [6.07, 6.45) is 8.73. The molecular formula is C14H23ClN2. The summed E-state index contributed by atoms with van der Waals surface area (Å²) in [5.74, 6) is 0.791. The predicted molar refractivity (Wildman–Crippen MR) is 72.5 cm³/mol. The minimum atomic E-state index is 0.332. The molecule has 1 fully saturated rings. The summed E-state index contributed by atoms with van der Waals surface area (Å²) in [6, 6.07) is 2.25. The van der Waals surface area contributed by atoms with Crippen LogP contribution in [-0.4, -0.2) is 15.7 Å². The zero-order valence-corrected chi connectivity index (χ0v) is 11.8. The van der Waals surface area contributed by atoms with Crippen molar-refractivity contribution in [2.24, 2.45) is 12.5 Å². The molecule has 1 aliphatic carbocycles. The first-order chi connectivity index (χ1) is 8.19. The van der Waals surface area contributed by atoms with Crippen LogP contribution in [0.2, 0.25) is 0 Å². The largest absolute Gasteiger partial charge is 0.272 e. The molecule has 0 N–H and O–H groups in total. The van der Waals surface area contributed by atoms with Crippen LogP contribution < -0.4 is 0 Å². The van der Waals surface area contributed by atoms with Crippen molar-refractivity contribution >= 4 is 11.6 Å². The van der Waals surface area contributed by atoms with Gasteiger partial charge in [0.15, 0.2) is 0 Å². The van der Waals surface area contributed by atoms with Gasteiger partial charge in [0.1, 0.15) is 0 Å². The SMILES string of the molecule is CCc1cc(CC2(CCl)CCCCC2)n(C)n1. The Labute approximate surface area is 109 Å². The van der Waals surface area contributed by atoms with Crippen molar-refractivity contribution in [2.45, 2.75) is 51.9 Å². The lowest BCUT2D eigenvalue weighted by Gasteiger charge is -2.35. The van der Waals surface area contributed by atoms with Crippen LogP contribution in [0.4, 0.5) is 0 Å². The van der Waals surface area contributed by atoms with Gasteiger partial charge in [-0.15, -0.1) is 11.6 Å². The molecule has 0 radical (unpaired) electrons. The minimum absolute atomic E-state index is 0.332. The molecule has 0 bridgehead atoms. The third-order valence-electron chi connectivity index (χ3n) is 4.14. The lowest BCUT2D eigenvalue weighted by molar-refractivity contribution is 0.215. The Morgan fingerprint density at radius 2 is 2.06 bits per heavy atom. The third-order valence-corrected chi connectivity index (χ3v) is 4.71. The van der Waals surface area contributed by atoms with Gasteiger partial charge in [-0.1, -0.05) is 26.2 Å². The molecule has 2 nitrogen and oxygen atoms in total. The molecule has 0 atom stereocenters. The van der Waals surface area contributed by atoms with E-state index in [4.69, 9.17) is 11.6 Å². The van der Waals surface area contributed by atoms with Crippen LogP contribution in [0.25, 0.3) is 0 Å². The monoisotopic (exact) mass is 254 g/mol. The minimum Gasteiger partial charge on any atom is -0.272 e. The molecule has 1 aromatic heterocycles. The van der Waals surface area contributed by atoms with E-state index < -0.39 is 0 Å². The van der Waals surface area contributed by atoms with E-state index in [1.807, 2.05) is 4.68 Å². The van der Waals surface area contributed by atoms with E-state index in [-0.39, 0.29) is 0 Å². The molecule has 1 heterocycles. The summed E-state index contributed by atoms with van der Waals surface area (Å²) in [5.41, 5.74) is 2.88. The number of rotatable bonds is 4. The number of aromatic nitrogens is 2. The van der Waals surface area contributed by atoms with Crippen LogP contribution in [0.3, 0.4) is 0 Å². The summed E-state index contributed by atoms with van der Waals surface area (Å²) >= 11 is 6.25. The Kier molecular flexibility index (Phi) is 4.13. The Morgan fingerprint density at radius 1 is 1.35 bits per heavy atom. The van der Waals surface area contributed by atoms with Crippen LogP contribution in [0.5, 0.6) is 0 Å². The number of halogens is 1. The van der Waals surface area contributed by atoms with E-state index in [0.717, 1.165) is 18.7 Å². The molecule has 1 saturated carbocycles. The normalized spacial score (nSPS) is 19.5. The van der Waals surface area contributed by atoms with Crippen molar-refractivity contribution < 1.29 is 0 Å². The first kappa shape index (κ1) is 12.9. The van der Waals surface area contributed by atoms with Gasteiger partial charge in [-0.25, -0.2) is 0 Å². The van der Waals surface area contributed by atoms with E-state index in [2.05, 4.69) is 25.1 Å². The zero-order valence-electron chi connectivity index (χ0n) is 11.0. The predicted octanol–water partition coefficient (Wildman–Crippen LogP) is 3.71. The highest BCUT2D eigenvalue weighted by Gasteiger charge is 2.32. The summed E-state index contributed by atoms with van der Waals surface area (Å²) in [6.45, 7) is 2.16. The van der Waals surface area contributed by atoms with Crippen LogP contribution in [0.1, 0.15) is 50.4 Å². The van der Waals surface area contributed by atoms with E-state index >= 15 is 0 Å². The van der Waals surface area contributed by atoms with Gasteiger partial charge in [0.25, 0.3) is 0 Å².